The second kappa shape index (κ2) is 14.0. The topological polar surface area (TPSA) is 213 Å². The fraction of sp³-hybridized carbons (Fsp3) is 0.226. The van der Waals surface area contributed by atoms with Crippen molar-refractivity contribution < 1.29 is 29.4 Å². The average Bonchev–Trinajstić information content (AvgIpc) is 3.40. The van der Waals surface area contributed by atoms with Gasteiger partial charge in [0.15, 0.2) is 0 Å². The summed E-state index contributed by atoms with van der Waals surface area (Å²) in [5.74, 6) is -2.50. The molecule has 3 atom stereocenters. The largest absolute Gasteiger partial charge is 0.508 e. The molecule has 3 aromatic carbocycles. The van der Waals surface area contributed by atoms with E-state index in [0.29, 0.717) is 11.1 Å². The van der Waals surface area contributed by atoms with Gasteiger partial charge in [0.2, 0.25) is 23.6 Å². The Labute approximate surface area is 247 Å². The Morgan fingerprint density at radius 2 is 1.35 bits per heavy atom. The molecule has 0 unspecified atom stereocenters. The van der Waals surface area contributed by atoms with Crippen LogP contribution in [-0.4, -0.2) is 63.5 Å². The number of carbonyl (C=O) groups excluding carboxylic acids is 4. The fourth-order valence-electron chi connectivity index (χ4n) is 4.61. The van der Waals surface area contributed by atoms with Crippen molar-refractivity contribution in [1.82, 2.24) is 20.9 Å². The number of hydrogen-bond acceptors (Lipinski definition) is 7. The molecule has 0 aliphatic carbocycles. The summed E-state index contributed by atoms with van der Waals surface area (Å²) in [6.07, 6.45) is 2.11. The molecule has 0 saturated heterocycles. The number of nitrogens with one attached hydrogen (secondary N) is 4. The fourth-order valence-corrected chi connectivity index (χ4v) is 4.61. The van der Waals surface area contributed by atoms with Gasteiger partial charge in [-0.05, 0) is 53.4 Å². The maximum atomic E-state index is 13.2. The number of phenols is 2. The summed E-state index contributed by atoms with van der Waals surface area (Å²) in [6, 6.07) is 16.7. The molecular formula is C31H34N6O6. The van der Waals surface area contributed by atoms with Crippen molar-refractivity contribution in [2.24, 2.45) is 11.5 Å². The first kappa shape index (κ1) is 30.6. The summed E-state index contributed by atoms with van der Waals surface area (Å²) in [6.45, 7) is -0.474. The maximum absolute atomic E-state index is 13.2. The van der Waals surface area contributed by atoms with Gasteiger partial charge in [0.25, 0.3) is 0 Å². The van der Waals surface area contributed by atoms with Gasteiger partial charge in [0, 0.05) is 29.9 Å². The normalized spacial score (nSPS) is 13.0. The van der Waals surface area contributed by atoms with E-state index in [1.54, 1.807) is 30.5 Å². The summed E-state index contributed by atoms with van der Waals surface area (Å²) in [5, 5.41) is 27.7. The Morgan fingerprint density at radius 1 is 0.744 bits per heavy atom. The molecule has 0 radical (unpaired) electrons. The molecule has 0 aliphatic heterocycles. The molecule has 0 aliphatic rings. The van der Waals surface area contributed by atoms with Crippen LogP contribution in [-0.2, 0) is 38.4 Å². The zero-order valence-corrected chi connectivity index (χ0v) is 23.2. The van der Waals surface area contributed by atoms with Crippen LogP contribution in [0.5, 0.6) is 11.5 Å². The Kier molecular flexibility index (Phi) is 9.97. The molecule has 1 aromatic heterocycles. The molecule has 0 fully saturated rings. The van der Waals surface area contributed by atoms with Gasteiger partial charge in [-0.3, -0.25) is 19.2 Å². The monoisotopic (exact) mass is 586 g/mol. The van der Waals surface area contributed by atoms with Crippen LogP contribution in [0.25, 0.3) is 10.9 Å². The highest BCUT2D eigenvalue weighted by Gasteiger charge is 2.26. The summed E-state index contributed by atoms with van der Waals surface area (Å²) in [4.78, 5) is 54.1. The Morgan fingerprint density at radius 3 is 1.98 bits per heavy atom. The summed E-state index contributed by atoms with van der Waals surface area (Å²) < 4.78 is 0. The predicted octanol–water partition coefficient (Wildman–Crippen LogP) is 0.505. The van der Waals surface area contributed by atoms with Gasteiger partial charge in [0.1, 0.15) is 23.6 Å². The van der Waals surface area contributed by atoms with Crippen molar-refractivity contribution in [3.05, 3.63) is 95.7 Å². The zero-order valence-electron chi connectivity index (χ0n) is 23.2. The van der Waals surface area contributed by atoms with Gasteiger partial charge >= 0.3 is 0 Å². The molecule has 43 heavy (non-hydrogen) atoms. The maximum Gasteiger partial charge on any atom is 0.243 e. The summed E-state index contributed by atoms with van der Waals surface area (Å²) in [7, 11) is 0. The van der Waals surface area contributed by atoms with E-state index >= 15 is 0 Å². The van der Waals surface area contributed by atoms with Crippen molar-refractivity contribution in [1.29, 1.82) is 0 Å². The van der Waals surface area contributed by atoms with Crippen LogP contribution in [0.2, 0.25) is 0 Å². The van der Waals surface area contributed by atoms with Gasteiger partial charge in [-0.15, -0.1) is 0 Å². The second-order valence-electron chi connectivity index (χ2n) is 10.2. The molecule has 0 spiro atoms. The van der Waals surface area contributed by atoms with Crippen molar-refractivity contribution >= 4 is 34.5 Å². The number of carbonyl (C=O) groups is 4. The first-order valence-corrected chi connectivity index (χ1v) is 13.6. The van der Waals surface area contributed by atoms with Crippen molar-refractivity contribution in [3.63, 3.8) is 0 Å². The van der Waals surface area contributed by atoms with E-state index < -0.39 is 48.3 Å². The van der Waals surface area contributed by atoms with Crippen LogP contribution in [0.4, 0.5) is 0 Å². The molecular weight excluding hydrogens is 552 g/mol. The van der Waals surface area contributed by atoms with Gasteiger partial charge < -0.3 is 42.6 Å². The van der Waals surface area contributed by atoms with E-state index in [-0.39, 0.29) is 30.8 Å². The SMILES string of the molecule is NC(=O)[C@H](Cc1c[nH]c2ccccc12)NC(=O)CNC(=O)[C@@H](Cc1ccc(O)cc1)NC(=O)[C@@H](N)Cc1ccc(O)cc1. The van der Waals surface area contributed by atoms with Crippen LogP contribution in [0.3, 0.4) is 0 Å². The van der Waals surface area contributed by atoms with E-state index in [2.05, 4.69) is 20.9 Å². The number of rotatable bonds is 13. The number of para-hydroxylation sites is 1. The van der Waals surface area contributed by atoms with E-state index in [9.17, 15) is 29.4 Å². The predicted molar refractivity (Wildman–Crippen MR) is 160 cm³/mol. The minimum Gasteiger partial charge on any atom is -0.508 e. The quantitative estimate of drug-likeness (QED) is 0.111. The number of nitrogens with two attached hydrogens (primary N) is 2. The molecule has 1 heterocycles. The Balaban J connectivity index is 1.38. The van der Waals surface area contributed by atoms with Crippen molar-refractivity contribution in [3.8, 4) is 11.5 Å². The molecule has 4 rings (SSSR count). The third kappa shape index (κ3) is 8.57. The van der Waals surface area contributed by atoms with Crippen LogP contribution in [0, 0.1) is 0 Å². The number of aromatic nitrogens is 1. The van der Waals surface area contributed by atoms with Crippen molar-refractivity contribution in [2.75, 3.05) is 6.54 Å². The minimum atomic E-state index is -1.10. The van der Waals surface area contributed by atoms with E-state index in [0.717, 1.165) is 16.5 Å². The number of H-pyrrole nitrogens is 1. The second-order valence-corrected chi connectivity index (χ2v) is 10.2. The highest BCUT2D eigenvalue weighted by atomic mass is 16.3. The lowest BCUT2D eigenvalue weighted by atomic mass is 10.0. The van der Waals surface area contributed by atoms with Crippen LogP contribution in [0.15, 0.2) is 79.0 Å². The number of amides is 4. The number of aromatic hydroxyl groups is 2. The molecule has 224 valence electrons. The number of fused-ring (bicyclic) bond motifs is 1. The molecule has 4 aromatic rings. The molecule has 0 saturated carbocycles. The highest BCUT2D eigenvalue weighted by molar-refractivity contribution is 5.93. The molecule has 10 N–H and O–H groups in total. The van der Waals surface area contributed by atoms with Gasteiger partial charge in [-0.2, -0.15) is 0 Å². The van der Waals surface area contributed by atoms with Gasteiger partial charge in [-0.25, -0.2) is 0 Å². The third-order valence-electron chi connectivity index (χ3n) is 6.94. The number of hydrogen-bond donors (Lipinski definition) is 8. The van der Waals surface area contributed by atoms with Crippen LogP contribution in [0.1, 0.15) is 16.7 Å². The smallest absolute Gasteiger partial charge is 0.243 e. The molecule has 12 nitrogen and oxygen atoms in total. The standard InChI is InChI=1S/C31H34N6O6/c32-24(13-18-5-9-21(38)10-6-18)30(42)37-27(14-19-7-11-22(39)12-8-19)31(43)35-17-28(40)36-26(29(33)41)15-20-16-34-25-4-2-1-3-23(20)25/h1-12,16,24,26-27,34,38-39H,13-15,17,32H2,(H2,33,41)(H,35,43)(H,36,40)(H,37,42)/t24-,26-,27+/m0/s1. The lowest BCUT2D eigenvalue weighted by Gasteiger charge is -2.21. The Bertz CT molecular complexity index is 1580. The van der Waals surface area contributed by atoms with Gasteiger partial charge in [-0.1, -0.05) is 42.5 Å². The zero-order chi connectivity index (χ0) is 30.9. The minimum absolute atomic E-state index is 0.0398. The first-order chi connectivity index (χ1) is 20.6. The van der Waals surface area contributed by atoms with Gasteiger partial charge in [0.05, 0.1) is 12.6 Å². The van der Waals surface area contributed by atoms with E-state index in [4.69, 9.17) is 11.5 Å². The lowest BCUT2D eigenvalue weighted by molar-refractivity contribution is -0.131. The lowest BCUT2D eigenvalue weighted by Crippen LogP contribution is -2.55. The van der Waals surface area contributed by atoms with E-state index in [1.165, 1.54) is 24.3 Å². The number of phenolic OH excluding ortho intramolecular Hbond substituents is 2. The third-order valence-corrected chi connectivity index (χ3v) is 6.94. The molecule has 12 heteroatoms. The van der Waals surface area contributed by atoms with Crippen molar-refractivity contribution in [2.45, 2.75) is 37.4 Å². The first-order valence-electron chi connectivity index (χ1n) is 13.6. The summed E-state index contributed by atoms with van der Waals surface area (Å²) >= 11 is 0. The van der Waals surface area contributed by atoms with Crippen LogP contribution < -0.4 is 27.4 Å². The number of benzene rings is 3. The summed E-state index contributed by atoms with van der Waals surface area (Å²) in [5.41, 5.74) is 14.7. The average molecular weight is 587 g/mol. The molecule has 4 amide bonds. The van der Waals surface area contributed by atoms with E-state index in [1.807, 2.05) is 24.3 Å². The number of aromatic amines is 1. The highest BCUT2D eigenvalue weighted by Crippen LogP contribution is 2.19. The number of primary amides is 1. The Hall–Kier alpha value is -5.36. The molecule has 0 bridgehead atoms. The van der Waals surface area contributed by atoms with Crippen LogP contribution >= 0.6 is 0 Å².